The van der Waals surface area contributed by atoms with Crippen molar-refractivity contribution < 1.29 is 0 Å². The van der Waals surface area contributed by atoms with Crippen LogP contribution in [-0.2, 0) is 0 Å². The minimum absolute atomic E-state index is 0.507. The van der Waals surface area contributed by atoms with Crippen LogP contribution in [0.5, 0.6) is 0 Å². The summed E-state index contributed by atoms with van der Waals surface area (Å²) >= 11 is 1.88. The molecule has 1 unspecified atom stereocenters. The number of unbranched alkanes of at least 4 members (excludes halogenated alkanes) is 1. The third kappa shape index (κ3) is 7.11. The van der Waals surface area contributed by atoms with Crippen LogP contribution >= 0.6 is 11.8 Å². The van der Waals surface area contributed by atoms with Crippen LogP contribution in [0.1, 0.15) is 26.7 Å². The van der Waals surface area contributed by atoms with Crippen molar-refractivity contribution in [3.8, 4) is 0 Å². The van der Waals surface area contributed by atoms with E-state index in [1.807, 2.05) is 24.9 Å². The SMILES string of the molecule is CCCCNC(=NC)NCC(C)Sc1ccccc1. The Balaban J connectivity index is 2.26. The molecule has 19 heavy (non-hydrogen) atoms. The Morgan fingerprint density at radius 3 is 2.63 bits per heavy atom. The van der Waals surface area contributed by atoms with Crippen molar-refractivity contribution in [3.05, 3.63) is 30.3 Å². The van der Waals surface area contributed by atoms with E-state index >= 15 is 0 Å². The first-order chi connectivity index (χ1) is 9.26. The first-order valence-corrected chi connectivity index (χ1v) is 7.80. The van der Waals surface area contributed by atoms with Crippen LogP contribution in [0.2, 0.25) is 0 Å². The quantitative estimate of drug-likeness (QED) is 0.348. The van der Waals surface area contributed by atoms with E-state index in [9.17, 15) is 0 Å². The van der Waals surface area contributed by atoms with Gasteiger partial charge >= 0.3 is 0 Å². The van der Waals surface area contributed by atoms with Gasteiger partial charge in [-0.1, -0.05) is 38.5 Å². The van der Waals surface area contributed by atoms with Crippen LogP contribution in [0, 0.1) is 0 Å². The highest BCUT2D eigenvalue weighted by molar-refractivity contribution is 8.00. The molecule has 0 aliphatic carbocycles. The van der Waals surface area contributed by atoms with Gasteiger partial charge in [0.1, 0.15) is 0 Å². The number of benzene rings is 1. The third-order valence-corrected chi connectivity index (χ3v) is 3.80. The lowest BCUT2D eigenvalue weighted by molar-refractivity contribution is 0.726. The van der Waals surface area contributed by atoms with Crippen LogP contribution in [0.3, 0.4) is 0 Å². The average molecular weight is 279 g/mol. The molecule has 106 valence electrons. The fourth-order valence-electron chi connectivity index (χ4n) is 1.62. The second-order valence-corrected chi connectivity index (χ2v) is 5.99. The van der Waals surface area contributed by atoms with Crippen molar-refractivity contribution >= 4 is 17.7 Å². The monoisotopic (exact) mass is 279 g/mol. The summed E-state index contributed by atoms with van der Waals surface area (Å²) in [6.45, 7) is 6.31. The summed E-state index contributed by atoms with van der Waals surface area (Å²) in [6.07, 6.45) is 2.37. The summed E-state index contributed by atoms with van der Waals surface area (Å²) in [5.74, 6) is 0.897. The van der Waals surface area contributed by atoms with Gasteiger partial charge in [0.2, 0.25) is 0 Å². The molecular formula is C15H25N3S. The average Bonchev–Trinajstić information content (AvgIpc) is 2.44. The minimum Gasteiger partial charge on any atom is -0.356 e. The lowest BCUT2D eigenvalue weighted by atomic mass is 10.3. The summed E-state index contributed by atoms with van der Waals surface area (Å²) in [7, 11) is 1.82. The Labute approximate surface area is 121 Å². The second kappa shape index (κ2) is 9.73. The van der Waals surface area contributed by atoms with E-state index < -0.39 is 0 Å². The summed E-state index contributed by atoms with van der Waals surface area (Å²) in [5.41, 5.74) is 0. The third-order valence-electron chi connectivity index (χ3n) is 2.68. The summed E-state index contributed by atoms with van der Waals surface area (Å²) < 4.78 is 0. The molecule has 3 nitrogen and oxygen atoms in total. The van der Waals surface area contributed by atoms with Crippen LogP contribution in [0.4, 0.5) is 0 Å². The van der Waals surface area contributed by atoms with Crippen molar-refractivity contribution in [1.29, 1.82) is 0 Å². The van der Waals surface area contributed by atoms with Gasteiger partial charge < -0.3 is 10.6 Å². The van der Waals surface area contributed by atoms with Gasteiger partial charge in [0.15, 0.2) is 5.96 Å². The molecule has 0 saturated carbocycles. The van der Waals surface area contributed by atoms with Gasteiger partial charge in [-0.25, -0.2) is 0 Å². The van der Waals surface area contributed by atoms with E-state index in [1.54, 1.807) is 0 Å². The predicted molar refractivity (Wildman–Crippen MR) is 86.0 cm³/mol. The molecule has 4 heteroatoms. The lowest BCUT2D eigenvalue weighted by Gasteiger charge is -2.15. The molecule has 0 radical (unpaired) electrons. The highest BCUT2D eigenvalue weighted by Gasteiger charge is 2.05. The maximum absolute atomic E-state index is 4.22. The maximum atomic E-state index is 4.22. The normalized spacial score (nSPS) is 13.1. The van der Waals surface area contributed by atoms with E-state index in [4.69, 9.17) is 0 Å². The second-order valence-electron chi connectivity index (χ2n) is 4.47. The number of nitrogens with zero attached hydrogens (tertiary/aromatic N) is 1. The van der Waals surface area contributed by atoms with Crippen molar-refractivity contribution in [2.75, 3.05) is 20.1 Å². The molecule has 0 aromatic heterocycles. The van der Waals surface area contributed by atoms with Crippen LogP contribution in [0.25, 0.3) is 0 Å². The lowest BCUT2D eigenvalue weighted by Crippen LogP contribution is -2.40. The zero-order chi connectivity index (χ0) is 13.9. The molecule has 0 aliphatic rings. The highest BCUT2D eigenvalue weighted by Crippen LogP contribution is 2.21. The van der Waals surface area contributed by atoms with E-state index in [-0.39, 0.29) is 0 Å². The molecule has 0 amide bonds. The van der Waals surface area contributed by atoms with E-state index in [2.05, 4.69) is 53.7 Å². The van der Waals surface area contributed by atoms with Crippen molar-refractivity contribution in [2.45, 2.75) is 36.8 Å². The van der Waals surface area contributed by atoms with Crippen LogP contribution in [0.15, 0.2) is 40.2 Å². The first kappa shape index (κ1) is 15.9. The Hall–Kier alpha value is -1.16. The number of nitrogens with one attached hydrogen (secondary N) is 2. The number of guanidine groups is 1. The van der Waals surface area contributed by atoms with Crippen LogP contribution < -0.4 is 10.6 Å². The molecule has 1 rings (SSSR count). The maximum Gasteiger partial charge on any atom is 0.191 e. The fourth-order valence-corrected chi connectivity index (χ4v) is 2.56. The molecule has 1 aromatic carbocycles. The van der Waals surface area contributed by atoms with Gasteiger partial charge in [-0.3, -0.25) is 4.99 Å². The van der Waals surface area contributed by atoms with Gasteiger partial charge in [0.25, 0.3) is 0 Å². The van der Waals surface area contributed by atoms with Gasteiger partial charge in [0, 0.05) is 30.3 Å². The Morgan fingerprint density at radius 1 is 1.26 bits per heavy atom. The number of rotatable bonds is 7. The fraction of sp³-hybridized carbons (Fsp3) is 0.533. The smallest absolute Gasteiger partial charge is 0.191 e. The Kier molecular flexibility index (Phi) is 8.14. The molecule has 0 fully saturated rings. The highest BCUT2D eigenvalue weighted by atomic mass is 32.2. The number of hydrogen-bond acceptors (Lipinski definition) is 2. The van der Waals surface area contributed by atoms with Crippen LogP contribution in [-0.4, -0.2) is 31.3 Å². The standard InChI is InChI=1S/C15H25N3S/c1-4-5-11-17-15(16-3)18-12-13(2)19-14-9-7-6-8-10-14/h6-10,13H,4-5,11-12H2,1-3H3,(H2,16,17,18). The van der Waals surface area contributed by atoms with Gasteiger partial charge in [-0.05, 0) is 18.6 Å². The van der Waals surface area contributed by atoms with Gasteiger partial charge in [-0.15, -0.1) is 11.8 Å². The largest absolute Gasteiger partial charge is 0.356 e. The molecule has 0 heterocycles. The Morgan fingerprint density at radius 2 is 2.00 bits per heavy atom. The predicted octanol–water partition coefficient (Wildman–Crippen LogP) is 3.13. The van der Waals surface area contributed by atoms with Crippen molar-refractivity contribution in [1.82, 2.24) is 10.6 Å². The molecule has 1 aromatic rings. The molecule has 0 spiro atoms. The molecule has 0 aliphatic heterocycles. The van der Waals surface area contributed by atoms with Crippen molar-refractivity contribution in [2.24, 2.45) is 4.99 Å². The number of aliphatic imine (C=N–C) groups is 1. The number of thioether (sulfide) groups is 1. The summed E-state index contributed by atoms with van der Waals surface area (Å²) in [5, 5.41) is 7.19. The topological polar surface area (TPSA) is 36.4 Å². The molecule has 2 N–H and O–H groups in total. The van der Waals surface area contributed by atoms with Gasteiger partial charge in [0.05, 0.1) is 0 Å². The minimum atomic E-state index is 0.507. The summed E-state index contributed by atoms with van der Waals surface area (Å²) in [6, 6.07) is 10.5. The van der Waals surface area contributed by atoms with E-state index in [0.29, 0.717) is 5.25 Å². The zero-order valence-electron chi connectivity index (χ0n) is 12.1. The van der Waals surface area contributed by atoms with E-state index in [0.717, 1.165) is 19.0 Å². The molecular weight excluding hydrogens is 254 g/mol. The molecule has 1 atom stereocenters. The van der Waals surface area contributed by atoms with Crippen molar-refractivity contribution in [3.63, 3.8) is 0 Å². The summed E-state index contributed by atoms with van der Waals surface area (Å²) in [4.78, 5) is 5.53. The molecule has 0 saturated heterocycles. The van der Waals surface area contributed by atoms with E-state index in [1.165, 1.54) is 17.7 Å². The number of hydrogen-bond donors (Lipinski definition) is 2. The van der Waals surface area contributed by atoms with Gasteiger partial charge in [-0.2, -0.15) is 0 Å². The zero-order valence-corrected chi connectivity index (χ0v) is 13.0. The first-order valence-electron chi connectivity index (χ1n) is 6.92. The Bertz CT molecular complexity index is 365. The molecule has 0 bridgehead atoms.